The fourth-order valence-electron chi connectivity index (χ4n) is 2.48. The van der Waals surface area contributed by atoms with E-state index < -0.39 is 0 Å². The molecule has 0 bridgehead atoms. The number of rotatable bonds is 5. The van der Waals surface area contributed by atoms with Crippen LogP contribution in [0.2, 0.25) is 0 Å². The summed E-state index contributed by atoms with van der Waals surface area (Å²) in [5.41, 5.74) is 2.79. The van der Waals surface area contributed by atoms with Gasteiger partial charge < -0.3 is 0 Å². The molecule has 0 aliphatic rings. The molecule has 0 fully saturated rings. The molecule has 1 atom stereocenters. The van der Waals surface area contributed by atoms with Crippen LogP contribution in [0, 0.1) is 0 Å². The molecule has 2 aromatic rings. The first-order chi connectivity index (χ1) is 10.3. The molecule has 0 aliphatic carbocycles. The lowest BCUT2D eigenvalue weighted by molar-refractivity contribution is 0.565. The van der Waals surface area contributed by atoms with E-state index in [1.165, 1.54) is 0 Å². The van der Waals surface area contributed by atoms with E-state index in [2.05, 4.69) is 9.98 Å². The van der Waals surface area contributed by atoms with Crippen molar-refractivity contribution in [3.63, 3.8) is 0 Å². The van der Waals surface area contributed by atoms with Gasteiger partial charge in [0.15, 0.2) is 0 Å². The number of isocyanates is 2. The summed E-state index contributed by atoms with van der Waals surface area (Å²) in [5.74, 6) is -0.00778. The van der Waals surface area contributed by atoms with E-state index in [-0.39, 0.29) is 5.92 Å². The van der Waals surface area contributed by atoms with Gasteiger partial charge in [0.2, 0.25) is 12.2 Å². The van der Waals surface area contributed by atoms with Crippen LogP contribution in [-0.2, 0) is 9.59 Å². The van der Waals surface area contributed by atoms with E-state index in [1.807, 2.05) is 37.3 Å². The molecule has 0 saturated heterocycles. The summed E-state index contributed by atoms with van der Waals surface area (Å²) >= 11 is 0. The summed E-state index contributed by atoms with van der Waals surface area (Å²) < 4.78 is 0. The molecule has 4 nitrogen and oxygen atoms in total. The minimum atomic E-state index is -0.00778. The fraction of sp³-hybridized carbons (Fsp3) is 0.176. The van der Waals surface area contributed by atoms with Crippen molar-refractivity contribution in [2.45, 2.75) is 19.3 Å². The maximum absolute atomic E-state index is 10.6. The Morgan fingerprint density at radius 1 is 0.905 bits per heavy atom. The first-order valence-electron chi connectivity index (χ1n) is 6.65. The first kappa shape index (κ1) is 14.6. The predicted molar refractivity (Wildman–Crippen MR) is 80.6 cm³/mol. The number of hydrogen-bond acceptors (Lipinski definition) is 4. The van der Waals surface area contributed by atoms with Crippen molar-refractivity contribution in [3.8, 4) is 0 Å². The largest absolute Gasteiger partial charge is 0.240 e. The van der Waals surface area contributed by atoms with Crippen LogP contribution in [0.25, 0.3) is 0 Å². The normalized spacial score (nSPS) is 11.1. The first-order valence-corrected chi connectivity index (χ1v) is 6.65. The number of benzene rings is 2. The van der Waals surface area contributed by atoms with Crippen LogP contribution < -0.4 is 0 Å². The maximum atomic E-state index is 10.6. The van der Waals surface area contributed by atoms with Gasteiger partial charge in [0, 0.05) is 11.5 Å². The number of aliphatic imine (C=N–C) groups is 2. The van der Waals surface area contributed by atoms with Gasteiger partial charge in [0.05, 0.1) is 11.4 Å². The highest BCUT2D eigenvalue weighted by atomic mass is 16.1. The average molecular weight is 278 g/mol. The van der Waals surface area contributed by atoms with E-state index in [0.717, 1.165) is 17.5 Å². The zero-order valence-corrected chi connectivity index (χ0v) is 11.6. The van der Waals surface area contributed by atoms with Crippen LogP contribution in [0.5, 0.6) is 0 Å². The summed E-state index contributed by atoms with van der Waals surface area (Å²) in [6.07, 6.45) is 3.91. The van der Waals surface area contributed by atoms with Gasteiger partial charge in [-0.2, -0.15) is 9.98 Å². The van der Waals surface area contributed by atoms with E-state index >= 15 is 0 Å². The lowest BCUT2D eigenvalue weighted by Gasteiger charge is -2.19. The van der Waals surface area contributed by atoms with Crippen molar-refractivity contribution in [1.29, 1.82) is 0 Å². The van der Waals surface area contributed by atoms with E-state index in [1.54, 1.807) is 30.4 Å². The molecule has 1 unspecified atom stereocenters. The summed E-state index contributed by atoms with van der Waals surface area (Å²) in [4.78, 5) is 28.8. The molecule has 0 spiro atoms. The summed E-state index contributed by atoms with van der Waals surface area (Å²) in [6.45, 7) is 2.04. The lowest BCUT2D eigenvalue weighted by atomic mass is 9.87. The monoisotopic (exact) mass is 278 g/mol. The molecule has 2 rings (SSSR count). The molecule has 0 saturated carbocycles. The van der Waals surface area contributed by atoms with Gasteiger partial charge in [-0.1, -0.05) is 43.3 Å². The Bertz CT molecular complexity index is 677. The van der Waals surface area contributed by atoms with Crippen LogP contribution in [0.15, 0.2) is 58.5 Å². The Kier molecular flexibility index (Phi) is 4.94. The Hall–Kier alpha value is -2.80. The number of nitrogens with zero attached hydrogens (tertiary/aromatic N) is 2. The predicted octanol–water partition coefficient (Wildman–Crippen LogP) is 4.16. The summed E-state index contributed by atoms with van der Waals surface area (Å²) in [5, 5.41) is 0. The van der Waals surface area contributed by atoms with Crippen LogP contribution in [0.1, 0.15) is 30.4 Å². The maximum Gasteiger partial charge on any atom is 0.240 e. The van der Waals surface area contributed by atoms with Crippen LogP contribution in [0.4, 0.5) is 11.4 Å². The minimum absolute atomic E-state index is 0.00778. The van der Waals surface area contributed by atoms with Gasteiger partial charge in [-0.05, 0) is 24.1 Å². The lowest BCUT2D eigenvalue weighted by Crippen LogP contribution is -2.00. The molecular formula is C17H14N2O2. The van der Waals surface area contributed by atoms with Crippen LogP contribution in [-0.4, -0.2) is 12.2 Å². The van der Waals surface area contributed by atoms with Crippen LogP contribution in [0.3, 0.4) is 0 Å². The highest BCUT2D eigenvalue weighted by Gasteiger charge is 2.19. The quantitative estimate of drug-likeness (QED) is 0.609. The second-order valence-electron chi connectivity index (χ2n) is 4.49. The third-order valence-corrected chi connectivity index (χ3v) is 3.35. The highest BCUT2D eigenvalue weighted by molar-refractivity contribution is 5.68. The molecule has 104 valence electrons. The zero-order valence-electron chi connectivity index (χ0n) is 11.6. The van der Waals surface area contributed by atoms with Gasteiger partial charge in [-0.15, -0.1) is 0 Å². The summed E-state index contributed by atoms with van der Waals surface area (Å²) in [7, 11) is 0. The Balaban J connectivity index is 2.68. The topological polar surface area (TPSA) is 58.9 Å². The molecule has 0 heterocycles. The molecule has 0 aliphatic heterocycles. The third-order valence-electron chi connectivity index (χ3n) is 3.35. The smallest absolute Gasteiger partial charge is 0.211 e. The third kappa shape index (κ3) is 3.21. The molecule has 2 aromatic carbocycles. The number of hydrogen-bond donors (Lipinski definition) is 0. The molecule has 0 amide bonds. The highest BCUT2D eigenvalue weighted by Crippen LogP contribution is 2.40. The Morgan fingerprint density at radius 2 is 1.48 bits per heavy atom. The Morgan fingerprint density at radius 3 is 1.95 bits per heavy atom. The standard InChI is InChI=1S/C17H14N2O2/c1-2-14(13-7-4-3-5-8-13)17-15(18-11-20)9-6-10-16(17)19-12-21/h3-10,14H,2H2,1H3. The van der Waals surface area contributed by atoms with Crippen molar-refractivity contribution in [3.05, 3.63) is 59.7 Å². The SMILES string of the molecule is CCC(c1ccccc1)c1c(N=C=O)cccc1N=C=O. The second-order valence-corrected chi connectivity index (χ2v) is 4.49. The van der Waals surface area contributed by atoms with Crippen LogP contribution >= 0.6 is 0 Å². The van der Waals surface area contributed by atoms with Gasteiger partial charge in [-0.25, -0.2) is 9.59 Å². The van der Waals surface area contributed by atoms with E-state index in [4.69, 9.17) is 0 Å². The molecule has 21 heavy (non-hydrogen) atoms. The fourth-order valence-corrected chi connectivity index (χ4v) is 2.48. The number of carbonyl (C=O) groups excluding carboxylic acids is 2. The van der Waals surface area contributed by atoms with Crippen molar-refractivity contribution >= 4 is 23.5 Å². The van der Waals surface area contributed by atoms with E-state index in [9.17, 15) is 9.59 Å². The Labute approximate surface area is 122 Å². The molecule has 4 heteroatoms. The van der Waals surface area contributed by atoms with Crippen molar-refractivity contribution in [2.75, 3.05) is 0 Å². The molecule has 0 aromatic heterocycles. The van der Waals surface area contributed by atoms with Gasteiger partial charge in [0.25, 0.3) is 0 Å². The van der Waals surface area contributed by atoms with Gasteiger partial charge in [0.1, 0.15) is 0 Å². The van der Waals surface area contributed by atoms with Gasteiger partial charge >= 0.3 is 0 Å². The van der Waals surface area contributed by atoms with Crippen molar-refractivity contribution in [1.82, 2.24) is 0 Å². The van der Waals surface area contributed by atoms with E-state index in [0.29, 0.717) is 11.4 Å². The van der Waals surface area contributed by atoms with Gasteiger partial charge in [-0.3, -0.25) is 0 Å². The second kappa shape index (κ2) is 7.11. The molecular weight excluding hydrogens is 264 g/mol. The van der Waals surface area contributed by atoms with Crippen molar-refractivity contribution in [2.24, 2.45) is 9.98 Å². The van der Waals surface area contributed by atoms with Crippen molar-refractivity contribution < 1.29 is 9.59 Å². The molecule has 0 radical (unpaired) electrons. The average Bonchev–Trinajstić information content (AvgIpc) is 2.52. The zero-order chi connectivity index (χ0) is 15.1. The molecule has 0 N–H and O–H groups in total. The summed E-state index contributed by atoms with van der Waals surface area (Å²) in [6, 6.07) is 15.0. The minimum Gasteiger partial charge on any atom is -0.211 e.